The Kier molecular flexibility index (Phi) is 5.11. The van der Waals surface area contributed by atoms with Crippen molar-refractivity contribution < 1.29 is 18.6 Å². The third-order valence-corrected chi connectivity index (χ3v) is 4.61. The molecule has 2 aromatic rings. The molecule has 0 bridgehead atoms. The molecule has 2 unspecified atom stereocenters. The highest BCUT2D eigenvalue weighted by Gasteiger charge is 2.26. The fourth-order valence-electron chi connectivity index (χ4n) is 3.26. The van der Waals surface area contributed by atoms with Crippen LogP contribution < -0.4 is 4.74 Å². The van der Waals surface area contributed by atoms with Crippen molar-refractivity contribution in [2.75, 3.05) is 26.7 Å². The molecule has 0 aromatic heterocycles. The third kappa shape index (κ3) is 3.74. The largest absolute Gasteiger partial charge is 0.497 e. The SMILES string of the molecule is COc1ccc(C2CCN(CC(O)c3ccc(F)cc3F)C2)cc1. The lowest BCUT2D eigenvalue weighted by Crippen LogP contribution is -2.26. The van der Waals surface area contributed by atoms with E-state index in [9.17, 15) is 13.9 Å². The molecule has 2 aromatic carbocycles. The van der Waals surface area contributed by atoms with Crippen LogP contribution >= 0.6 is 0 Å². The Morgan fingerprint density at radius 1 is 1.21 bits per heavy atom. The minimum absolute atomic E-state index is 0.143. The van der Waals surface area contributed by atoms with Crippen LogP contribution in [0.1, 0.15) is 29.6 Å². The van der Waals surface area contributed by atoms with E-state index in [0.29, 0.717) is 12.5 Å². The molecule has 0 aliphatic carbocycles. The zero-order chi connectivity index (χ0) is 17.1. The summed E-state index contributed by atoms with van der Waals surface area (Å²) in [6.45, 7) is 2.00. The number of halogens is 2. The minimum atomic E-state index is -0.958. The number of methoxy groups -OCH3 is 1. The van der Waals surface area contributed by atoms with Crippen molar-refractivity contribution in [1.82, 2.24) is 4.90 Å². The van der Waals surface area contributed by atoms with E-state index in [4.69, 9.17) is 4.74 Å². The van der Waals surface area contributed by atoms with Crippen LogP contribution in [0.4, 0.5) is 8.78 Å². The fourth-order valence-corrected chi connectivity index (χ4v) is 3.26. The van der Waals surface area contributed by atoms with Crippen LogP contribution in [0, 0.1) is 11.6 Å². The number of rotatable bonds is 5. The van der Waals surface area contributed by atoms with Gasteiger partial charge in [-0.05, 0) is 42.6 Å². The van der Waals surface area contributed by atoms with Gasteiger partial charge < -0.3 is 9.84 Å². The summed E-state index contributed by atoms with van der Waals surface area (Å²) in [6.07, 6.45) is 0.0329. The second-order valence-corrected chi connectivity index (χ2v) is 6.20. The Hall–Kier alpha value is -1.98. The smallest absolute Gasteiger partial charge is 0.131 e. The van der Waals surface area contributed by atoms with Gasteiger partial charge in [-0.1, -0.05) is 18.2 Å². The summed E-state index contributed by atoms with van der Waals surface area (Å²) in [5.74, 6) is -0.116. The number of benzene rings is 2. The van der Waals surface area contributed by atoms with Crippen LogP contribution in [0.25, 0.3) is 0 Å². The van der Waals surface area contributed by atoms with Gasteiger partial charge in [0.25, 0.3) is 0 Å². The van der Waals surface area contributed by atoms with E-state index in [-0.39, 0.29) is 5.56 Å². The first-order valence-electron chi connectivity index (χ1n) is 8.06. The zero-order valence-corrected chi connectivity index (χ0v) is 13.6. The van der Waals surface area contributed by atoms with Crippen LogP contribution in [0.2, 0.25) is 0 Å². The van der Waals surface area contributed by atoms with E-state index in [2.05, 4.69) is 17.0 Å². The molecule has 0 spiro atoms. The van der Waals surface area contributed by atoms with Crippen molar-refractivity contribution in [3.8, 4) is 5.75 Å². The molecule has 3 rings (SSSR count). The topological polar surface area (TPSA) is 32.7 Å². The summed E-state index contributed by atoms with van der Waals surface area (Å²) in [4.78, 5) is 2.11. The first-order valence-corrected chi connectivity index (χ1v) is 8.06. The molecule has 1 aliphatic rings. The molecule has 1 fully saturated rings. The molecular formula is C19H21F2NO2. The Morgan fingerprint density at radius 2 is 1.96 bits per heavy atom. The molecule has 2 atom stereocenters. The van der Waals surface area contributed by atoms with E-state index in [0.717, 1.165) is 31.3 Å². The van der Waals surface area contributed by atoms with E-state index in [1.807, 2.05) is 12.1 Å². The maximum Gasteiger partial charge on any atom is 0.131 e. The van der Waals surface area contributed by atoms with Gasteiger partial charge in [0.15, 0.2) is 0 Å². The van der Waals surface area contributed by atoms with Gasteiger partial charge in [-0.2, -0.15) is 0 Å². The lowest BCUT2D eigenvalue weighted by atomic mass is 9.98. The van der Waals surface area contributed by atoms with E-state index in [1.54, 1.807) is 7.11 Å². The molecule has 24 heavy (non-hydrogen) atoms. The van der Waals surface area contributed by atoms with Crippen molar-refractivity contribution in [1.29, 1.82) is 0 Å². The average molecular weight is 333 g/mol. The van der Waals surface area contributed by atoms with Crippen LogP contribution in [-0.4, -0.2) is 36.8 Å². The monoisotopic (exact) mass is 333 g/mol. The van der Waals surface area contributed by atoms with E-state index < -0.39 is 17.7 Å². The van der Waals surface area contributed by atoms with Gasteiger partial charge in [-0.25, -0.2) is 8.78 Å². The Labute approximate surface area is 140 Å². The molecule has 128 valence electrons. The van der Waals surface area contributed by atoms with Crippen LogP contribution in [0.5, 0.6) is 5.75 Å². The lowest BCUT2D eigenvalue weighted by molar-refractivity contribution is 0.122. The minimum Gasteiger partial charge on any atom is -0.497 e. The van der Waals surface area contributed by atoms with E-state index >= 15 is 0 Å². The Morgan fingerprint density at radius 3 is 2.62 bits per heavy atom. The second-order valence-electron chi connectivity index (χ2n) is 6.20. The number of aliphatic hydroxyl groups excluding tert-OH is 1. The predicted octanol–water partition coefficient (Wildman–Crippen LogP) is 3.50. The lowest BCUT2D eigenvalue weighted by Gasteiger charge is -2.21. The van der Waals surface area contributed by atoms with Crippen molar-refractivity contribution in [2.45, 2.75) is 18.4 Å². The van der Waals surface area contributed by atoms with E-state index in [1.165, 1.54) is 17.7 Å². The number of hydrogen-bond acceptors (Lipinski definition) is 3. The van der Waals surface area contributed by atoms with Gasteiger partial charge in [0.1, 0.15) is 17.4 Å². The summed E-state index contributed by atoms with van der Waals surface area (Å²) < 4.78 is 31.9. The molecular weight excluding hydrogens is 312 g/mol. The summed E-state index contributed by atoms with van der Waals surface area (Å²) >= 11 is 0. The fraction of sp³-hybridized carbons (Fsp3) is 0.368. The highest BCUT2D eigenvalue weighted by Crippen LogP contribution is 2.30. The summed E-state index contributed by atoms with van der Waals surface area (Å²) in [6, 6.07) is 11.3. The molecule has 0 radical (unpaired) electrons. The zero-order valence-electron chi connectivity index (χ0n) is 13.6. The normalized spacial score (nSPS) is 19.4. The van der Waals surface area contributed by atoms with Gasteiger partial charge >= 0.3 is 0 Å². The molecule has 1 heterocycles. The second kappa shape index (κ2) is 7.28. The predicted molar refractivity (Wildman–Crippen MR) is 88.1 cm³/mol. The average Bonchev–Trinajstić information content (AvgIpc) is 3.03. The van der Waals surface area contributed by atoms with Crippen molar-refractivity contribution in [3.63, 3.8) is 0 Å². The van der Waals surface area contributed by atoms with Gasteiger partial charge in [0, 0.05) is 24.7 Å². The number of ether oxygens (including phenoxy) is 1. The number of hydrogen-bond donors (Lipinski definition) is 1. The first kappa shape index (κ1) is 16.9. The maximum absolute atomic E-state index is 13.8. The van der Waals surface area contributed by atoms with Gasteiger partial charge in [0.05, 0.1) is 13.2 Å². The Bertz CT molecular complexity index is 690. The maximum atomic E-state index is 13.8. The van der Waals surface area contributed by atoms with Crippen molar-refractivity contribution in [2.24, 2.45) is 0 Å². The molecule has 0 saturated carbocycles. The molecule has 1 aliphatic heterocycles. The van der Waals surface area contributed by atoms with Crippen LogP contribution in [0.15, 0.2) is 42.5 Å². The summed E-state index contributed by atoms with van der Waals surface area (Å²) in [5, 5.41) is 10.3. The first-order chi connectivity index (χ1) is 11.6. The number of nitrogens with zero attached hydrogens (tertiary/aromatic N) is 1. The van der Waals surface area contributed by atoms with Crippen molar-refractivity contribution >= 4 is 0 Å². The summed E-state index contributed by atoms with van der Waals surface area (Å²) in [7, 11) is 1.64. The highest BCUT2D eigenvalue weighted by atomic mass is 19.1. The quantitative estimate of drug-likeness (QED) is 0.909. The Balaban J connectivity index is 1.61. The number of aliphatic hydroxyl groups is 1. The number of β-amino-alcohol motifs (C(OH)–C–C–N with tert-alkyl or cyclic N) is 1. The molecule has 1 saturated heterocycles. The van der Waals surface area contributed by atoms with Gasteiger partial charge in [-0.3, -0.25) is 4.90 Å². The summed E-state index contributed by atoms with van der Waals surface area (Å²) in [5.41, 5.74) is 1.38. The van der Waals surface area contributed by atoms with Gasteiger partial charge in [-0.15, -0.1) is 0 Å². The van der Waals surface area contributed by atoms with Gasteiger partial charge in [0.2, 0.25) is 0 Å². The number of likely N-dealkylation sites (tertiary alicyclic amines) is 1. The molecule has 5 heteroatoms. The van der Waals surface area contributed by atoms with Crippen LogP contribution in [-0.2, 0) is 0 Å². The van der Waals surface area contributed by atoms with Crippen molar-refractivity contribution in [3.05, 3.63) is 65.2 Å². The molecule has 3 nitrogen and oxygen atoms in total. The third-order valence-electron chi connectivity index (χ3n) is 4.61. The highest BCUT2D eigenvalue weighted by molar-refractivity contribution is 5.30. The van der Waals surface area contributed by atoms with Crippen LogP contribution in [0.3, 0.4) is 0 Å². The molecule has 0 amide bonds. The standard InChI is InChI=1S/C19H21F2NO2/c1-24-16-5-2-13(3-6-16)14-8-9-22(11-14)12-19(23)17-7-4-15(20)10-18(17)21/h2-7,10,14,19,23H,8-9,11-12H2,1H3. The molecule has 1 N–H and O–H groups in total.